The van der Waals surface area contributed by atoms with Crippen LogP contribution in [0.2, 0.25) is 0 Å². The SMILES string of the molecule is COc1cc(CCC(=O)Nc2ccc(S(=O)(=O)NC3=NCCCCC3)cc2)cc(OC)c1. The third kappa shape index (κ3) is 6.71. The van der Waals surface area contributed by atoms with Gasteiger partial charge in [0.1, 0.15) is 17.3 Å². The average molecular weight is 460 g/mol. The lowest BCUT2D eigenvalue weighted by Crippen LogP contribution is -2.30. The van der Waals surface area contributed by atoms with E-state index in [-0.39, 0.29) is 17.2 Å². The van der Waals surface area contributed by atoms with Gasteiger partial charge in [-0.1, -0.05) is 6.42 Å². The molecule has 8 nitrogen and oxygen atoms in total. The number of amides is 1. The number of hydrogen-bond acceptors (Lipinski definition) is 6. The van der Waals surface area contributed by atoms with Gasteiger partial charge < -0.3 is 14.8 Å². The lowest BCUT2D eigenvalue weighted by Gasteiger charge is -2.11. The van der Waals surface area contributed by atoms with E-state index in [1.165, 1.54) is 12.1 Å². The molecule has 2 N–H and O–H groups in total. The van der Waals surface area contributed by atoms with Gasteiger partial charge in [-0.25, -0.2) is 8.42 Å². The van der Waals surface area contributed by atoms with Crippen molar-refractivity contribution in [2.45, 2.75) is 43.4 Å². The van der Waals surface area contributed by atoms with Gasteiger partial charge in [0.25, 0.3) is 10.0 Å². The Kier molecular flexibility index (Phi) is 8.10. The number of carbonyl (C=O) groups is 1. The summed E-state index contributed by atoms with van der Waals surface area (Å²) in [6.07, 6.45) is 4.36. The van der Waals surface area contributed by atoms with Crippen LogP contribution in [0.5, 0.6) is 11.5 Å². The van der Waals surface area contributed by atoms with Crippen molar-refractivity contribution >= 4 is 27.5 Å². The minimum absolute atomic E-state index is 0.130. The fourth-order valence-electron chi connectivity index (χ4n) is 3.38. The smallest absolute Gasteiger partial charge is 0.262 e. The van der Waals surface area contributed by atoms with Crippen LogP contribution in [0.1, 0.15) is 37.7 Å². The number of nitrogens with one attached hydrogen (secondary N) is 2. The number of aryl methyl sites for hydroxylation is 1. The molecule has 32 heavy (non-hydrogen) atoms. The molecule has 0 radical (unpaired) electrons. The van der Waals surface area contributed by atoms with E-state index in [9.17, 15) is 13.2 Å². The Morgan fingerprint density at radius 1 is 1.00 bits per heavy atom. The normalized spacial score (nSPS) is 14.1. The van der Waals surface area contributed by atoms with Crippen molar-refractivity contribution in [2.75, 3.05) is 26.1 Å². The number of benzene rings is 2. The quantitative estimate of drug-likeness (QED) is 0.628. The highest BCUT2D eigenvalue weighted by molar-refractivity contribution is 7.90. The number of aliphatic imine (C=N–C) groups is 1. The zero-order chi connectivity index (χ0) is 23.0. The zero-order valence-electron chi connectivity index (χ0n) is 18.4. The highest BCUT2D eigenvalue weighted by Gasteiger charge is 2.17. The molecule has 9 heteroatoms. The summed E-state index contributed by atoms with van der Waals surface area (Å²) in [5, 5.41) is 2.80. The second-order valence-corrected chi connectivity index (χ2v) is 9.22. The number of ether oxygens (including phenoxy) is 2. The van der Waals surface area contributed by atoms with E-state index in [4.69, 9.17) is 9.47 Å². The third-order valence-electron chi connectivity index (χ3n) is 5.13. The number of amidine groups is 1. The van der Waals surface area contributed by atoms with Crippen LogP contribution in [0.15, 0.2) is 52.4 Å². The Labute approximate surface area is 189 Å². The Bertz CT molecular complexity index is 1040. The summed E-state index contributed by atoms with van der Waals surface area (Å²) in [6, 6.07) is 11.6. The van der Waals surface area contributed by atoms with Crippen molar-refractivity contribution in [1.82, 2.24) is 4.72 Å². The molecule has 0 bridgehead atoms. The van der Waals surface area contributed by atoms with E-state index in [2.05, 4.69) is 15.0 Å². The van der Waals surface area contributed by atoms with Crippen LogP contribution < -0.4 is 19.5 Å². The Morgan fingerprint density at radius 3 is 2.34 bits per heavy atom. The highest BCUT2D eigenvalue weighted by atomic mass is 32.2. The summed E-state index contributed by atoms with van der Waals surface area (Å²) in [4.78, 5) is 16.8. The summed E-state index contributed by atoms with van der Waals surface area (Å²) >= 11 is 0. The first-order valence-electron chi connectivity index (χ1n) is 10.6. The molecule has 0 fully saturated rings. The maximum absolute atomic E-state index is 12.6. The van der Waals surface area contributed by atoms with Crippen LogP contribution >= 0.6 is 0 Å². The van der Waals surface area contributed by atoms with E-state index in [0.29, 0.717) is 42.4 Å². The molecule has 2 aromatic rings. The summed E-state index contributed by atoms with van der Waals surface area (Å²) in [5.41, 5.74) is 1.45. The van der Waals surface area contributed by atoms with Crippen LogP contribution in [0, 0.1) is 0 Å². The van der Waals surface area contributed by atoms with E-state index in [1.807, 2.05) is 12.1 Å². The first-order chi connectivity index (χ1) is 15.4. The van der Waals surface area contributed by atoms with Gasteiger partial charge in [-0.2, -0.15) is 0 Å². The summed E-state index contributed by atoms with van der Waals surface area (Å²) in [6.45, 7) is 0.644. The van der Waals surface area contributed by atoms with Crippen LogP contribution in [-0.2, 0) is 21.2 Å². The second kappa shape index (κ2) is 11.0. The van der Waals surface area contributed by atoms with E-state index < -0.39 is 10.0 Å². The Hall–Kier alpha value is -3.07. The van der Waals surface area contributed by atoms with Gasteiger partial charge in [0.05, 0.1) is 19.1 Å². The predicted molar refractivity (Wildman–Crippen MR) is 124 cm³/mol. The fourth-order valence-corrected chi connectivity index (χ4v) is 4.47. The highest BCUT2D eigenvalue weighted by Crippen LogP contribution is 2.23. The van der Waals surface area contributed by atoms with Crippen LogP contribution in [0.3, 0.4) is 0 Å². The first kappa shape index (κ1) is 23.6. The molecule has 0 saturated heterocycles. The number of carbonyl (C=O) groups excluding carboxylic acids is 1. The van der Waals surface area contributed by atoms with Gasteiger partial charge in [-0.15, -0.1) is 0 Å². The van der Waals surface area contributed by atoms with Crippen molar-refractivity contribution in [3.8, 4) is 11.5 Å². The van der Waals surface area contributed by atoms with E-state index in [1.54, 1.807) is 32.4 Å². The van der Waals surface area contributed by atoms with Crippen LogP contribution in [0.25, 0.3) is 0 Å². The van der Waals surface area contributed by atoms with Gasteiger partial charge in [-0.3, -0.25) is 14.5 Å². The average Bonchev–Trinajstić information content (AvgIpc) is 3.06. The standard InChI is InChI=1S/C23H29N3O5S/c1-30-19-14-17(15-20(16-19)31-2)7-12-23(27)25-18-8-10-21(11-9-18)32(28,29)26-22-6-4-3-5-13-24-22/h8-11,14-16H,3-7,12-13H2,1-2H3,(H,24,26)(H,25,27). The van der Waals surface area contributed by atoms with Crippen molar-refractivity contribution in [3.63, 3.8) is 0 Å². The molecule has 0 atom stereocenters. The molecule has 3 rings (SSSR count). The molecule has 0 unspecified atom stereocenters. The van der Waals surface area contributed by atoms with Gasteiger partial charge in [-0.05, 0) is 61.2 Å². The molecule has 0 saturated carbocycles. The fraction of sp³-hybridized carbons (Fsp3) is 0.391. The zero-order valence-corrected chi connectivity index (χ0v) is 19.2. The van der Waals surface area contributed by atoms with E-state index >= 15 is 0 Å². The van der Waals surface area contributed by atoms with Gasteiger partial charge >= 0.3 is 0 Å². The molecule has 0 aliphatic carbocycles. The number of hydrogen-bond donors (Lipinski definition) is 2. The van der Waals surface area contributed by atoms with Gasteiger partial charge in [0.15, 0.2) is 0 Å². The predicted octanol–water partition coefficient (Wildman–Crippen LogP) is 3.53. The molecule has 172 valence electrons. The third-order valence-corrected chi connectivity index (χ3v) is 6.52. The number of nitrogens with zero attached hydrogens (tertiary/aromatic N) is 1. The largest absolute Gasteiger partial charge is 0.497 e. The summed E-state index contributed by atoms with van der Waals surface area (Å²) < 4.78 is 38.3. The lowest BCUT2D eigenvalue weighted by atomic mass is 10.1. The maximum atomic E-state index is 12.6. The van der Waals surface area contributed by atoms with Gasteiger partial charge in [0.2, 0.25) is 5.91 Å². The Morgan fingerprint density at radius 2 is 1.69 bits per heavy atom. The van der Waals surface area contributed by atoms with Gasteiger partial charge in [0, 0.05) is 31.1 Å². The van der Waals surface area contributed by atoms with Crippen molar-refractivity contribution < 1.29 is 22.7 Å². The lowest BCUT2D eigenvalue weighted by molar-refractivity contribution is -0.116. The number of anilines is 1. The Balaban J connectivity index is 1.57. The first-order valence-corrected chi connectivity index (χ1v) is 12.1. The molecule has 1 aliphatic rings. The minimum Gasteiger partial charge on any atom is -0.497 e. The van der Waals surface area contributed by atoms with Crippen molar-refractivity contribution in [3.05, 3.63) is 48.0 Å². The molecule has 0 spiro atoms. The van der Waals surface area contributed by atoms with Crippen molar-refractivity contribution in [1.29, 1.82) is 0 Å². The van der Waals surface area contributed by atoms with Crippen LogP contribution in [-0.4, -0.2) is 40.9 Å². The number of sulfonamides is 1. The van der Waals surface area contributed by atoms with Crippen LogP contribution in [0.4, 0.5) is 5.69 Å². The molecular weight excluding hydrogens is 430 g/mol. The monoisotopic (exact) mass is 459 g/mol. The molecule has 1 amide bonds. The number of rotatable bonds is 8. The molecule has 2 aromatic carbocycles. The molecule has 0 aromatic heterocycles. The molecule has 1 heterocycles. The summed E-state index contributed by atoms with van der Waals surface area (Å²) in [7, 11) is -0.542. The molecule has 1 aliphatic heterocycles. The van der Waals surface area contributed by atoms with E-state index in [0.717, 1.165) is 24.8 Å². The topological polar surface area (TPSA) is 106 Å². The minimum atomic E-state index is -3.70. The number of methoxy groups -OCH3 is 2. The summed E-state index contributed by atoms with van der Waals surface area (Å²) in [5.74, 6) is 1.67. The maximum Gasteiger partial charge on any atom is 0.262 e. The second-order valence-electron chi connectivity index (χ2n) is 7.54. The van der Waals surface area contributed by atoms with Crippen molar-refractivity contribution in [2.24, 2.45) is 4.99 Å². The molecular formula is C23H29N3O5S.